The Bertz CT molecular complexity index is 1330. The molecule has 1 aromatic heterocycles. The van der Waals surface area contributed by atoms with Gasteiger partial charge in [-0.25, -0.2) is 8.42 Å². The highest BCUT2D eigenvalue weighted by Gasteiger charge is 2.37. The van der Waals surface area contributed by atoms with E-state index in [4.69, 9.17) is 4.74 Å². The Balaban J connectivity index is 1.60. The molecule has 5 rings (SSSR count). The lowest BCUT2D eigenvalue weighted by Crippen LogP contribution is -2.42. The Kier molecular flexibility index (Phi) is 5.04. The SMILES string of the molecule is CCOc1ccc(C2c3cccn3CCN2S(=O)(=O)c2ccc3ccccc3c2)cc1. The van der Waals surface area contributed by atoms with Gasteiger partial charge in [0, 0.05) is 25.0 Å². The third kappa shape index (κ3) is 3.52. The van der Waals surface area contributed by atoms with Gasteiger partial charge in [-0.3, -0.25) is 0 Å². The quantitative estimate of drug-likeness (QED) is 0.454. The summed E-state index contributed by atoms with van der Waals surface area (Å²) in [6.07, 6.45) is 2.01. The molecule has 1 aliphatic rings. The van der Waals surface area contributed by atoms with Crippen LogP contribution in [0.3, 0.4) is 0 Å². The Morgan fingerprint density at radius 3 is 2.45 bits per heavy atom. The maximum absolute atomic E-state index is 13.8. The molecule has 158 valence electrons. The zero-order chi connectivity index (χ0) is 21.4. The number of ether oxygens (including phenoxy) is 1. The molecule has 0 N–H and O–H groups in total. The van der Waals surface area contributed by atoms with Gasteiger partial charge >= 0.3 is 0 Å². The van der Waals surface area contributed by atoms with Gasteiger partial charge in [-0.2, -0.15) is 4.31 Å². The summed E-state index contributed by atoms with van der Waals surface area (Å²) in [6, 6.07) is 24.5. The number of fused-ring (bicyclic) bond motifs is 2. The first-order chi connectivity index (χ1) is 15.1. The molecule has 0 fully saturated rings. The third-order valence-corrected chi connectivity index (χ3v) is 7.69. The molecule has 5 nitrogen and oxygen atoms in total. The molecule has 0 bridgehead atoms. The zero-order valence-corrected chi connectivity index (χ0v) is 18.1. The maximum Gasteiger partial charge on any atom is 0.244 e. The van der Waals surface area contributed by atoms with Crippen molar-refractivity contribution in [2.45, 2.75) is 24.4 Å². The van der Waals surface area contributed by atoms with Crippen LogP contribution in [-0.4, -0.2) is 30.4 Å². The molecule has 0 saturated carbocycles. The van der Waals surface area contributed by atoms with Gasteiger partial charge in [-0.1, -0.05) is 42.5 Å². The van der Waals surface area contributed by atoms with Crippen molar-refractivity contribution in [3.05, 3.63) is 96.3 Å². The normalized spacial score (nSPS) is 16.9. The average Bonchev–Trinajstić information content (AvgIpc) is 3.28. The highest BCUT2D eigenvalue weighted by atomic mass is 32.2. The van der Waals surface area contributed by atoms with Crippen LogP contribution in [0.4, 0.5) is 0 Å². The van der Waals surface area contributed by atoms with E-state index in [2.05, 4.69) is 4.57 Å². The van der Waals surface area contributed by atoms with Crippen LogP contribution in [0.2, 0.25) is 0 Å². The van der Waals surface area contributed by atoms with Gasteiger partial charge in [0.05, 0.1) is 17.5 Å². The minimum atomic E-state index is -3.70. The smallest absolute Gasteiger partial charge is 0.244 e. The number of aromatic nitrogens is 1. The van der Waals surface area contributed by atoms with Crippen molar-refractivity contribution in [2.75, 3.05) is 13.2 Å². The van der Waals surface area contributed by atoms with Gasteiger partial charge in [0.15, 0.2) is 0 Å². The van der Waals surface area contributed by atoms with Gasteiger partial charge in [-0.15, -0.1) is 0 Å². The molecule has 6 heteroatoms. The van der Waals surface area contributed by atoms with E-state index >= 15 is 0 Å². The van der Waals surface area contributed by atoms with Crippen molar-refractivity contribution in [3.63, 3.8) is 0 Å². The highest BCUT2D eigenvalue weighted by molar-refractivity contribution is 7.89. The second-order valence-corrected chi connectivity index (χ2v) is 9.55. The lowest BCUT2D eigenvalue weighted by molar-refractivity contribution is 0.298. The molecule has 31 heavy (non-hydrogen) atoms. The predicted octanol–water partition coefficient (Wildman–Crippen LogP) is 4.83. The molecule has 0 amide bonds. The average molecular weight is 433 g/mol. The van der Waals surface area contributed by atoms with Crippen molar-refractivity contribution in [1.29, 1.82) is 0 Å². The highest BCUT2D eigenvalue weighted by Crippen LogP contribution is 2.37. The molecular formula is C25H24N2O3S. The van der Waals surface area contributed by atoms with Crippen molar-refractivity contribution >= 4 is 20.8 Å². The predicted molar refractivity (Wildman–Crippen MR) is 122 cm³/mol. The molecule has 1 atom stereocenters. The lowest BCUT2D eigenvalue weighted by Gasteiger charge is -2.36. The number of hydrogen-bond donors (Lipinski definition) is 0. The molecule has 4 aromatic rings. The summed E-state index contributed by atoms with van der Waals surface area (Å²) in [7, 11) is -3.70. The summed E-state index contributed by atoms with van der Waals surface area (Å²) in [5.74, 6) is 0.779. The van der Waals surface area contributed by atoms with Crippen LogP contribution >= 0.6 is 0 Å². The molecular weight excluding hydrogens is 408 g/mol. The van der Waals surface area contributed by atoms with Crippen LogP contribution in [0.5, 0.6) is 5.75 Å². The van der Waals surface area contributed by atoms with Crippen LogP contribution in [-0.2, 0) is 16.6 Å². The van der Waals surface area contributed by atoms with Gasteiger partial charge in [-0.05, 0) is 59.7 Å². The van der Waals surface area contributed by atoms with Gasteiger partial charge in [0.25, 0.3) is 0 Å². The standard InChI is InChI=1S/C25H24N2O3S/c1-2-30-22-12-9-20(10-13-22)25-24-8-5-15-26(24)16-17-27(25)31(28,29)23-14-11-19-6-3-4-7-21(19)18-23/h3-15,18,25H,2,16-17H2,1H3. The molecule has 3 aromatic carbocycles. The monoisotopic (exact) mass is 432 g/mol. The fourth-order valence-corrected chi connectivity index (χ4v) is 5.95. The van der Waals surface area contributed by atoms with Gasteiger partial charge < -0.3 is 9.30 Å². The van der Waals surface area contributed by atoms with E-state index in [0.717, 1.165) is 27.8 Å². The fourth-order valence-electron chi connectivity index (χ4n) is 4.33. The first kappa shape index (κ1) is 19.8. The van der Waals surface area contributed by atoms with Crippen molar-refractivity contribution in [3.8, 4) is 5.75 Å². The number of sulfonamides is 1. The van der Waals surface area contributed by atoms with E-state index in [1.54, 1.807) is 16.4 Å². The molecule has 0 radical (unpaired) electrons. The Hall–Kier alpha value is -3.09. The van der Waals surface area contributed by atoms with Gasteiger partial charge in [0.1, 0.15) is 5.75 Å². The minimum absolute atomic E-state index is 0.321. The molecule has 1 aliphatic heterocycles. The van der Waals surface area contributed by atoms with E-state index in [1.165, 1.54) is 0 Å². The maximum atomic E-state index is 13.8. The van der Waals surface area contributed by atoms with Gasteiger partial charge in [0.2, 0.25) is 10.0 Å². The van der Waals surface area contributed by atoms with Crippen LogP contribution in [0.15, 0.2) is 90.0 Å². The van der Waals surface area contributed by atoms with Crippen LogP contribution in [0.25, 0.3) is 10.8 Å². The lowest BCUT2D eigenvalue weighted by atomic mass is 10.0. The number of hydrogen-bond acceptors (Lipinski definition) is 3. The molecule has 0 spiro atoms. The topological polar surface area (TPSA) is 51.5 Å². The van der Waals surface area contributed by atoms with Crippen LogP contribution in [0.1, 0.15) is 24.2 Å². The van der Waals surface area contributed by atoms with E-state index in [1.807, 2.05) is 79.9 Å². The molecule has 1 unspecified atom stereocenters. The zero-order valence-electron chi connectivity index (χ0n) is 17.3. The van der Waals surface area contributed by atoms with Crippen LogP contribution in [0, 0.1) is 0 Å². The fraction of sp³-hybridized carbons (Fsp3) is 0.200. The first-order valence-electron chi connectivity index (χ1n) is 10.5. The minimum Gasteiger partial charge on any atom is -0.494 e. The summed E-state index contributed by atoms with van der Waals surface area (Å²) in [6.45, 7) is 3.57. The van der Waals surface area contributed by atoms with E-state index < -0.39 is 16.1 Å². The summed E-state index contributed by atoms with van der Waals surface area (Å²) in [5, 5.41) is 1.94. The largest absolute Gasteiger partial charge is 0.494 e. The summed E-state index contributed by atoms with van der Waals surface area (Å²) in [5.41, 5.74) is 1.90. The summed E-state index contributed by atoms with van der Waals surface area (Å²) >= 11 is 0. The second kappa shape index (κ2) is 7.87. The number of nitrogens with zero attached hydrogens (tertiary/aromatic N) is 2. The van der Waals surface area contributed by atoms with E-state index in [9.17, 15) is 8.42 Å². The van der Waals surface area contributed by atoms with E-state index in [0.29, 0.717) is 24.6 Å². The van der Waals surface area contributed by atoms with E-state index in [-0.39, 0.29) is 0 Å². The molecule has 2 heterocycles. The second-order valence-electron chi connectivity index (χ2n) is 7.66. The Morgan fingerprint density at radius 1 is 0.903 bits per heavy atom. The van der Waals surface area contributed by atoms with Crippen molar-refractivity contribution in [1.82, 2.24) is 8.87 Å². The van der Waals surface area contributed by atoms with Crippen molar-refractivity contribution in [2.24, 2.45) is 0 Å². The Labute approximate surface area is 182 Å². The first-order valence-corrected chi connectivity index (χ1v) is 11.9. The third-order valence-electron chi connectivity index (χ3n) is 5.83. The number of rotatable bonds is 5. The Morgan fingerprint density at radius 2 is 1.68 bits per heavy atom. The van der Waals surface area contributed by atoms with Crippen molar-refractivity contribution < 1.29 is 13.2 Å². The summed E-state index contributed by atoms with van der Waals surface area (Å²) < 4.78 is 36.9. The van der Waals surface area contributed by atoms with Crippen LogP contribution < -0.4 is 4.74 Å². The summed E-state index contributed by atoms with van der Waals surface area (Å²) in [4.78, 5) is 0.321. The molecule has 0 aliphatic carbocycles. The number of benzene rings is 3. The molecule has 0 saturated heterocycles.